The van der Waals surface area contributed by atoms with E-state index in [2.05, 4.69) is 25.1 Å². The molecule has 0 aliphatic heterocycles. The molecule has 0 saturated heterocycles. The minimum atomic E-state index is 0.679. The molecule has 2 nitrogen and oxygen atoms in total. The fourth-order valence-electron chi connectivity index (χ4n) is 2.22. The Morgan fingerprint density at radius 2 is 1.61 bits per heavy atom. The average molecular weight is 244 g/mol. The zero-order chi connectivity index (χ0) is 13.0. The summed E-state index contributed by atoms with van der Waals surface area (Å²) in [7, 11) is 0. The standard InChI is InChI=1S/C16H20O2/c1-4-12-10-11-13-14(16(12)18-6-3)8-7-9-15(13)17-5-2/h7-11H,4-6H2,1-3H3. The fraction of sp³-hybridized carbons (Fsp3) is 0.375. The highest BCUT2D eigenvalue weighted by Crippen LogP contribution is 2.35. The predicted molar refractivity (Wildman–Crippen MR) is 75.7 cm³/mol. The molecule has 18 heavy (non-hydrogen) atoms. The number of ether oxygens (including phenoxy) is 2. The van der Waals surface area contributed by atoms with E-state index >= 15 is 0 Å². The first-order valence-corrected chi connectivity index (χ1v) is 6.62. The van der Waals surface area contributed by atoms with Crippen LogP contribution in [-0.4, -0.2) is 13.2 Å². The molecule has 2 aromatic rings. The molecular formula is C16H20O2. The van der Waals surface area contributed by atoms with Crippen LogP contribution in [0, 0.1) is 0 Å². The van der Waals surface area contributed by atoms with Gasteiger partial charge in [-0.25, -0.2) is 0 Å². The normalized spacial score (nSPS) is 10.6. The number of aryl methyl sites for hydroxylation is 1. The maximum absolute atomic E-state index is 5.82. The maximum Gasteiger partial charge on any atom is 0.130 e. The SMILES string of the molecule is CCOc1cccc2c(OCC)c(CC)ccc12. The van der Waals surface area contributed by atoms with Gasteiger partial charge in [-0.2, -0.15) is 0 Å². The molecule has 0 bridgehead atoms. The zero-order valence-corrected chi connectivity index (χ0v) is 11.3. The Bertz CT molecular complexity index is 532. The minimum Gasteiger partial charge on any atom is -0.493 e. The van der Waals surface area contributed by atoms with E-state index in [0.717, 1.165) is 28.7 Å². The molecular weight excluding hydrogens is 224 g/mol. The summed E-state index contributed by atoms with van der Waals surface area (Å²) in [4.78, 5) is 0. The second-order valence-corrected chi connectivity index (χ2v) is 4.12. The molecule has 0 N–H and O–H groups in total. The van der Waals surface area contributed by atoms with Gasteiger partial charge in [-0.05, 0) is 31.9 Å². The summed E-state index contributed by atoms with van der Waals surface area (Å²) in [5, 5.41) is 2.27. The van der Waals surface area contributed by atoms with E-state index in [4.69, 9.17) is 9.47 Å². The summed E-state index contributed by atoms with van der Waals surface area (Å²) >= 11 is 0. The number of fused-ring (bicyclic) bond motifs is 1. The number of rotatable bonds is 5. The van der Waals surface area contributed by atoms with Crippen LogP contribution in [0.1, 0.15) is 26.3 Å². The second-order valence-electron chi connectivity index (χ2n) is 4.12. The number of hydrogen-bond donors (Lipinski definition) is 0. The molecule has 0 spiro atoms. The molecule has 0 unspecified atom stereocenters. The van der Waals surface area contributed by atoms with Gasteiger partial charge in [-0.1, -0.05) is 31.2 Å². The van der Waals surface area contributed by atoms with Crippen molar-refractivity contribution < 1.29 is 9.47 Å². The van der Waals surface area contributed by atoms with Gasteiger partial charge in [-0.15, -0.1) is 0 Å². The molecule has 2 rings (SSSR count). The number of hydrogen-bond acceptors (Lipinski definition) is 2. The lowest BCUT2D eigenvalue weighted by Crippen LogP contribution is -1.98. The molecule has 0 saturated carbocycles. The van der Waals surface area contributed by atoms with Crippen LogP contribution in [0.4, 0.5) is 0 Å². The van der Waals surface area contributed by atoms with Crippen molar-refractivity contribution >= 4 is 10.8 Å². The Morgan fingerprint density at radius 1 is 0.833 bits per heavy atom. The molecule has 2 aromatic carbocycles. The summed E-state index contributed by atoms with van der Waals surface area (Å²) in [5.74, 6) is 1.93. The van der Waals surface area contributed by atoms with E-state index in [1.54, 1.807) is 0 Å². The van der Waals surface area contributed by atoms with E-state index in [-0.39, 0.29) is 0 Å². The van der Waals surface area contributed by atoms with Crippen molar-refractivity contribution in [3.63, 3.8) is 0 Å². The summed E-state index contributed by atoms with van der Waals surface area (Å²) in [6.07, 6.45) is 0.976. The van der Waals surface area contributed by atoms with E-state index in [0.29, 0.717) is 13.2 Å². The first kappa shape index (κ1) is 12.7. The Morgan fingerprint density at radius 3 is 2.28 bits per heavy atom. The zero-order valence-electron chi connectivity index (χ0n) is 11.3. The molecule has 0 atom stereocenters. The van der Waals surface area contributed by atoms with Gasteiger partial charge in [0.2, 0.25) is 0 Å². The highest BCUT2D eigenvalue weighted by Gasteiger charge is 2.10. The highest BCUT2D eigenvalue weighted by molar-refractivity contribution is 5.94. The van der Waals surface area contributed by atoms with Crippen LogP contribution in [-0.2, 0) is 6.42 Å². The van der Waals surface area contributed by atoms with Crippen LogP contribution in [0.2, 0.25) is 0 Å². The van der Waals surface area contributed by atoms with Gasteiger partial charge in [0.1, 0.15) is 11.5 Å². The Kier molecular flexibility index (Phi) is 4.08. The molecule has 0 fully saturated rings. The van der Waals surface area contributed by atoms with Crippen molar-refractivity contribution in [2.24, 2.45) is 0 Å². The van der Waals surface area contributed by atoms with Crippen molar-refractivity contribution in [1.29, 1.82) is 0 Å². The van der Waals surface area contributed by atoms with E-state index in [1.807, 2.05) is 26.0 Å². The van der Waals surface area contributed by atoms with E-state index in [1.165, 1.54) is 5.56 Å². The van der Waals surface area contributed by atoms with Gasteiger partial charge < -0.3 is 9.47 Å². The van der Waals surface area contributed by atoms with Gasteiger partial charge >= 0.3 is 0 Å². The predicted octanol–water partition coefficient (Wildman–Crippen LogP) is 4.20. The largest absolute Gasteiger partial charge is 0.493 e. The molecule has 0 heterocycles. The topological polar surface area (TPSA) is 18.5 Å². The average Bonchev–Trinajstić information content (AvgIpc) is 2.40. The van der Waals surface area contributed by atoms with Crippen LogP contribution in [0.3, 0.4) is 0 Å². The first-order chi connectivity index (χ1) is 8.81. The summed E-state index contributed by atoms with van der Waals surface area (Å²) < 4.78 is 11.5. The molecule has 0 aliphatic carbocycles. The third-order valence-electron chi connectivity index (χ3n) is 3.02. The van der Waals surface area contributed by atoms with Crippen LogP contribution in [0.25, 0.3) is 10.8 Å². The van der Waals surface area contributed by atoms with Crippen LogP contribution >= 0.6 is 0 Å². The van der Waals surface area contributed by atoms with Gasteiger partial charge in [0.15, 0.2) is 0 Å². The van der Waals surface area contributed by atoms with Gasteiger partial charge in [0.05, 0.1) is 13.2 Å². The lowest BCUT2D eigenvalue weighted by molar-refractivity contribution is 0.338. The summed E-state index contributed by atoms with van der Waals surface area (Å²) in [6, 6.07) is 10.4. The Balaban J connectivity index is 2.65. The van der Waals surface area contributed by atoms with Crippen molar-refractivity contribution in [2.45, 2.75) is 27.2 Å². The van der Waals surface area contributed by atoms with Crippen LogP contribution < -0.4 is 9.47 Å². The lowest BCUT2D eigenvalue weighted by Gasteiger charge is -2.14. The molecule has 96 valence electrons. The maximum atomic E-state index is 5.82. The van der Waals surface area contributed by atoms with E-state index < -0.39 is 0 Å². The molecule has 0 radical (unpaired) electrons. The second kappa shape index (κ2) is 5.76. The quantitative estimate of drug-likeness (QED) is 0.784. The molecule has 2 heteroatoms. The third kappa shape index (κ3) is 2.28. The van der Waals surface area contributed by atoms with Crippen LogP contribution in [0.15, 0.2) is 30.3 Å². The monoisotopic (exact) mass is 244 g/mol. The Hall–Kier alpha value is -1.70. The smallest absolute Gasteiger partial charge is 0.130 e. The molecule has 0 aromatic heterocycles. The molecule has 0 aliphatic rings. The lowest BCUT2D eigenvalue weighted by atomic mass is 10.0. The number of benzene rings is 2. The fourth-order valence-corrected chi connectivity index (χ4v) is 2.22. The first-order valence-electron chi connectivity index (χ1n) is 6.62. The van der Waals surface area contributed by atoms with Gasteiger partial charge in [0.25, 0.3) is 0 Å². The van der Waals surface area contributed by atoms with Crippen molar-refractivity contribution in [3.8, 4) is 11.5 Å². The van der Waals surface area contributed by atoms with Crippen molar-refractivity contribution in [1.82, 2.24) is 0 Å². The van der Waals surface area contributed by atoms with Crippen LogP contribution in [0.5, 0.6) is 11.5 Å². The van der Waals surface area contributed by atoms with Crippen molar-refractivity contribution in [2.75, 3.05) is 13.2 Å². The van der Waals surface area contributed by atoms with Gasteiger partial charge in [-0.3, -0.25) is 0 Å². The van der Waals surface area contributed by atoms with Crippen molar-refractivity contribution in [3.05, 3.63) is 35.9 Å². The summed E-state index contributed by atoms with van der Waals surface area (Å²) in [5.41, 5.74) is 1.25. The minimum absolute atomic E-state index is 0.679. The summed E-state index contributed by atoms with van der Waals surface area (Å²) in [6.45, 7) is 7.53. The molecule has 0 amide bonds. The Labute approximate surface area is 109 Å². The van der Waals surface area contributed by atoms with E-state index in [9.17, 15) is 0 Å². The van der Waals surface area contributed by atoms with Gasteiger partial charge in [0, 0.05) is 10.8 Å². The third-order valence-corrected chi connectivity index (χ3v) is 3.02. The highest BCUT2D eigenvalue weighted by atomic mass is 16.5.